The first kappa shape index (κ1) is 11.1. The summed E-state index contributed by atoms with van der Waals surface area (Å²) in [5.41, 5.74) is 0.451. The maximum absolute atomic E-state index is 11.5. The molecule has 0 saturated heterocycles. The average molecular weight is 217 g/mol. The third-order valence-electron chi connectivity index (χ3n) is 1.87. The van der Waals surface area contributed by atoms with Gasteiger partial charge in [0.05, 0.1) is 13.2 Å². The van der Waals surface area contributed by atoms with E-state index in [1.807, 2.05) is 0 Å². The van der Waals surface area contributed by atoms with E-state index in [9.17, 15) is 9.36 Å². The van der Waals surface area contributed by atoms with Gasteiger partial charge in [-0.25, -0.2) is 9.55 Å². The zero-order valence-electron chi connectivity index (χ0n) is 8.48. The largest absolute Gasteiger partial charge is 0.332 e. The summed E-state index contributed by atoms with van der Waals surface area (Å²) < 4.78 is 18.0. The second-order valence-electron chi connectivity index (χ2n) is 3.26. The van der Waals surface area contributed by atoms with Gasteiger partial charge in [-0.2, -0.15) is 0 Å². The highest BCUT2D eigenvalue weighted by atomic mass is 31.2. The molecule has 0 fully saturated rings. The number of nitrogens with zero attached hydrogens (tertiary/aromatic N) is 1. The number of hydrogen-bond acceptors (Lipinski definition) is 3. The molecule has 6 heteroatoms. The van der Waals surface area contributed by atoms with Gasteiger partial charge in [0.2, 0.25) is 25.2 Å². The van der Waals surface area contributed by atoms with E-state index in [4.69, 9.17) is 4.52 Å². The van der Waals surface area contributed by atoms with Crippen molar-refractivity contribution < 1.29 is 18.5 Å². The van der Waals surface area contributed by atoms with Crippen molar-refractivity contribution in [3.8, 4) is 0 Å². The summed E-state index contributed by atoms with van der Waals surface area (Å²) in [5, 5.41) is 0. The van der Waals surface area contributed by atoms with Gasteiger partial charge in [0, 0.05) is 13.8 Å². The van der Waals surface area contributed by atoms with E-state index in [1.165, 1.54) is 13.8 Å². The highest BCUT2D eigenvalue weighted by Crippen LogP contribution is 2.41. The molecule has 1 N–H and O–H groups in total. The van der Waals surface area contributed by atoms with Gasteiger partial charge in [-0.1, -0.05) is 0 Å². The Bertz CT molecular complexity index is 386. The number of nitrogens with one attached hydrogen (secondary N) is 1. The molecule has 0 amide bonds. The van der Waals surface area contributed by atoms with E-state index in [-0.39, 0.29) is 11.9 Å². The van der Waals surface area contributed by atoms with Crippen LogP contribution in [0, 0.1) is 0 Å². The fourth-order valence-corrected chi connectivity index (χ4v) is 1.83. The van der Waals surface area contributed by atoms with Crippen LogP contribution in [0.25, 0.3) is 0 Å². The summed E-state index contributed by atoms with van der Waals surface area (Å²) in [6.45, 7) is 1.45. The highest BCUT2D eigenvalue weighted by molar-refractivity contribution is 7.59. The van der Waals surface area contributed by atoms with E-state index in [0.717, 1.165) is 0 Å². The van der Waals surface area contributed by atoms with Crippen molar-refractivity contribution in [3.63, 3.8) is 0 Å². The van der Waals surface area contributed by atoms with Gasteiger partial charge in [-0.15, -0.1) is 0 Å². The second kappa shape index (κ2) is 4.07. The van der Waals surface area contributed by atoms with Crippen molar-refractivity contribution in [2.45, 2.75) is 0 Å². The molecule has 0 aliphatic carbocycles. The lowest BCUT2D eigenvalue weighted by Crippen LogP contribution is -2.23. The molecule has 0 spiro atoms. The number of aryl methyl sites for hydroxylation is 1. The third-order valence-corrected chi connectivity index (χ3v) is 3.51. The van der Waals surface area contributed by atoms with Crippen molar-refractivity contribution in [2.75, 3.05) is 19.9 Å². The molecule has 1 rings (SSSR count). The molecule has 5 nitrogen and oxygen atoms in total. The molecule has 1 atom stereocenters. The molecule has 0 bridgehead atoms. The Morgan fingerprint density at radius 2 is 2.36 bits per heavy atom. The molecule has 1 aromatic heterocycles. The van der Waals surface area contributed by atoms with Crippen molar-refractivity contribution in [1.82, 2.24) is 4.98 Å². The number of carbonyl (C=O) groups excluding carboxylic acids is 1. The number of ketones is 1. The van der Waals surface area contributed by atoms with Crippen LogP contribution >= 0.6 is 7.37 Å². The maximum atomic E-state index is 11.5. The van der Waals surface area contributed by atoms with Crippen LogP contribution < -0.4 is 4.57 Å². The van der Waals surface area contributed by atoms with E-state index >= 15 is 0 Å². The first-order valence-corrected chi connectivity index (χ1v) is 6.39. The number of hydrogen-bond donors (Lipinski definition) is 1. The summed E-state index contributed by atoms with van der Waals surface area (Å²) in [4.78, 5) is 14.3. The lowest BCUT2D eigenvalue weighted by Gasteiger charge is -2.06. The van der Waals surface area contributed by atoms with Crippen LogP contribution in [0.4, 0.5) is 0 Å². The van der Waals surface area contributed by atoms with E-state index in [0.29, 0.717) is 5.69 Å². The number of imidazole rings is 1. The van der Waals surface area contributed by atoms with E-state index in [2.05, 4.69) is 4.98 Å². The van der Waals surface area contributed by atoms with Gasteiger partial charge in [0.1, 0.15) is 6.20 Å². The van der Waals surface area contributed by atoms with Crippen LogP contribution in [0.1, 0.15) is 10.5 Å². The van der Waals surface area contributed by atoms with Crippen LogP contribution in [0.2, 0.25) is 0 Å². The van der Waals surface area contributed by atoms with Crippen molar-refractivity contribution >= 4 is 13.2 Å². The fourth-order valence-electron chi connectivity index (χ4n) is 1.01. The summed E-state index contributed by atoms with van der Waals surface area (Å²) >= 11 is 0. The Labute approximate surface area is 82.5 Å². The molecule has 0 saturated carbocycles. The molecule has 1 unspecified atom stereocenters. The van der Waals surface area contributed by atoms with Crippen LogP contribution in [0.15, 0.2) is 12.5 Å². The quantitative estimate of drug-likeness (QED) is 0.455. The maximum Gasteiger partial charge on any atom is 0.241 e. The zero-order valence-corrected chi connectivity index (χ0v) is 9.38. The predicted octanol–water partition coefficient (Wildman–Crippen LogP) is 0.576. The summed E-state index contributed by atoms with van der Waals surface area (Å²) in [7, 11) is 0.386. The third kappa shape index (κ3) is 2.79. The number of H-pyrrole nitrogens is 1. The number of rotatable bonds is 4. The number of carbonyl (C=O) groups is 1. The van der Waals surface area contributed by atoms with Gasteiger partial charge < -0.3 is 4.52 Å². The lowest BCUT2D eigenvalue weighted by molar-refractivity contribution is -0.670. The molecule has 1 aromatic rings. The molecule has 0 aromatic carbocycles. The Morgan fingerprint density at radius 3 is 2.79 bits per heavy atom. The molecule has 0 aliphatic heterocycles. The summed E-state index contributed by atoms with van der Waals surface area (Å²) in [6.07, 6.45) is 3.24. The van der Waals surface area contributed by atoms with Crippen molar-refractivity contribution in [3.05, 3.63) is 18.2 Å². The van der Waals surface area contributed by atoms with E-state index < -0.39 is 7.37 Å². The number of aromatic amines is 1. The normalized spacial score (nSPS) is 15.1. The molecule has 78 valence electrons. The summed E-state index contributed by atoms with van der Waals surface area (Å²) in [6, 6.07) is 0. The standard InChI is InChI=1S/C8H13N2O3P/c1-10-4-7(9-6-10)8(11)5-14(3,12)13-2/h4,6H,5H2,1-3H3/p+1. The molecule has 1 heterocycles. The SMILES string of the molecule is COP(C)(=O)CC(=O)c1c[n+](C)c[nH]1. The van der Waals surface area contributed by atoms with Crippen LogP contribution in [0.5, 0.6) is 0 Å². The highest BCUT2D eigenvalue weighted by Gasteiger charge is 2.23. The topological polar surface area (TPSA) is 63.0 Å². The van der Waals surface area contributed by atoms with Crippen LogP contribution in [-0.4, -0.2) is 30.7 Å². The first-order valence-electron chi connectivity index (χ1n) is 4.14. The minimum atomic E-state index is -2.76. The van der Waals surface area contributed by atoms with Crippen LogP contribution in [-0.2, 0) is 16.1 Å². The van der Waals surface area contributed by atoms with Gasteiger partial charge in [0.25, 0.3) is 0 Å². The molecular formula is C8H14N2O3P+. The Kier molecular flexibility index (Phi) is 3.24. The Hall–Kier alpha value is -0.930. The minimum absolute atomic E-state index is 0.0655. The first-order chi connectivity index (χ1) is 6.44. The fraction of sp³-hybridized carbons (Fsp3) is 0.500. The average Bonchev–Trinajstić information content (AvgIpc) is 2.51. The van der Waals surface area contributed by atoms with Gasteiger partial charge in [0.15, 0.2) is 0 Å². The molecule has 14 heavy (non-hydrogen) atoms. The van der Waals surface area contributed by atoms with Gasteiger partial charge in [-0.3, -0.25) is 9.36 Å². The van der Waals surface area contributed by atoms with Crippen molar-refractivity contribution in [1.29, 1.82) is 0 Å². The number of aromatic nitrogens is 2. The zero-order chi connectivity index (χ0) is 10.8. The molecular weight excluding hydrogens is 203 g/mol. The van der Waals surface area contributed by atoms with Gasteiger partial charge in [-0.05, 0) is 0 Å². The van der Waals surface area contributed by atoms with Crippen LogP contribution in [0.3, 0.4) is 0 Å². The number of Topliss-reactive ketones (excluding diaryl/α,β-unsaturated/α-hetero) is 1. The Morgan fingerprint density at radius 1 is 1.71 bits per heavy atom. The monoisotopic (exact) mass is 217 g/mol. The van der Waals surface area contributed by atoms with Gasteiger partial charge >= 0.3 is 0 Å². The summed E-state index contributed by atoms with van der Waals surface area (Å²) in [5.74, 6) is -0.196. The Balaban J connectivity index is 2.73. The van der Waals surface area contributed by atoms with E-state index in [1.54, 1.807) is 24.1 Å². The molecule has 0 aliphatic rings. The molecule has 0 radical (unpaired) electrons. The second-order valence-corrected chi connectivity index (χ2v) is 5.97. The van der Waals surface area contributed by atoms with Crippen molar-refractivity contribution in [2.24, 2.45) is 7.05 Å². The lowest BCUT2D eigenvalue weighted by atomic mass is 10.3. The smallest absolute Gasteiger partial charge is 0.241 e. The predicted molar refractivity (Wildman–Crippen MR) is 51.7 cm³/mol. The minimum Gasteiger partial charge on any atom is -0.332 e.